The van der Waals surface area contributed by atoms with E-state index in [9.17, 15) is 18.0 Å². The summed E-state index contributed by atoms with van der Waals surface area (Å²) in [5.74, 6) is -0.719. The predicted octanol–water partition coefficient (Wildman–Crippen LogP) is 2.81. The Morgan fingerprint density at radius 2 is 1.85 bits per heavy atom. The largest absolute Gasteiger partial charge is 0.417 e. The Labute approximate surface area is 116 Å². The summed E-state index contributed by atoms with van der Waals surface area (Å²) in [5, 5.41) is 2.54. The van der Waals surface area contributed by atoms with Gasteiger partial charge in [-0.05, 0) is 30.5 Å². The zero-order chi connectivity index (χ0) is 15.4. The fraction of sp³-hybridized carbons (Fsp3) is 0.500. The van der Waals surface area contributed by atoms with Crippen molar-refractivity contribution < 1.29 is 18.0 Å². The van der Waals surface area contributed by atoms with E-state index in [0.717, 1.165) is 6.07 Å². The van der Waals surface area contributed by atoms with Crippen LogP contribution in [-0.2, 0) is 6.18 Å². The van der Waals surface area contributed by atoms with Crippen LogP contribution in [0.2, 0.25) is 0 Å². The molecule has 0 heterocycles. The van der Waals surface area contributed by atoms with Crippen molar-refractivity contribution in [3.05, 3.63) is 35.4 Å². The van der Waals surface area contributed by atoms with Crippen molar-refractivity contribution in [2.24, 2.45) is 11.1 Å². The summed E-state index contributed by atoms with van der Waals surface area (Å²) in [6.45, 7) is 4.53. The van der Waals surface area contributed by atoms with Gasteiger partial charge in [0.2, 0.25) is 0 Å². The fourth-order valence-electron chi connectivity index (χ4n) is 1.82. The zero-order valence-corrected chi connectivity index (χ0v) is 11.6. The molecule has 1 rings (SSSR count). The summed E-state index contributed by atoms with van der Waals surface area (Å²) in [6.07, 6.45) is -3.87. The highest BCUT2D eigenvalue weighted by Gasteiger charge is 2.35. The monoisotopic (exact) mass is 288 g/mol. The molecule has 0 fully saturated rings. The number of hydrogen-bond donors (Lipinski definition) is 2. The zero-order valence-electron chi connectivity index (χ0n) is 11.6. The van der Waals surface area contributed by atoms with Gasteiger partial charge in [-0.25, -0.2) is 0 Å². The summed E-state index contributed by atoms with van der Waals surface area (Å²) >= 11 is 0. The van der Waals surface area contributed by atoms with E-state index in [4.69, 9.17) is 5.73 Å². The summed E-state index contributed by atoms with van der Waals surface area (Å²) < 4.78 is 38.4. The molecule has 1 aromatic carbocycles. The van der Waals surface area contributed by atoms with E-state index < -0.39 is 17.6 Å². The molecule has 3 nitrogen and oxygen atoms in total. The Bertz CT molecular complexity index is 470. The summed E-state index contributed by atoms with van der Waals surface area (Å²) in [4.78, 5) is 11.9. The van der Waals surface area contributed by atoms with Gasteiger partial charge in [-0.1, -0.05) is 26.0 Å². The van der Waals surface area contributed by atoms with Crippen LogP contribution in [-0.4, -0.2) is 19.0 Å². The molecular formula is C14H19F3N2O. The Balaban J connectivity index is 2.84. The Kier molecular flexibility index (Phi) is 5.16. The van der Waals surface area contributed by atoms with Gasteiger partial charge in [-0.3, -0.25) is 4.79 Å². The molecule has 0 aliphatic rings. The first-order valence-electron chi connectivity index (χ1n) is 6.32. The predicted molar refractivity (Wildman–Crippen MR) is 71.2 cm³/mol. The van der Waals surface area contributed by atoms with E-state index in [1.165, 1.54) is 18.2 Å². The van der Waals surface area contributed by atoms with Gasteiger partial charge in [0, 0.05) is 6.54 Å². The van der Waals surface area contributed by atoms with Gasteiger partial charge in [-0.2, -0.15) is 13.2 Å². The number of halogens is 3. The minimum atomic E-state index is -4.54. The second kappa shape index (κ2) is 6.26. The molecule has 20 heavy (non-hydrogen) atoms. The summed E-state index contributed by atoms with van der Waals surface area (Å²) in [5.41, 5.74) is 3.92. The lowest BCUT2D eigenvalue weighted by molar-refractivity contribution is -0.137. The maximum Gasteiger partial charge on any atom is 0.417 e. The highest BCUT2D eigenvalue weighted by atomic mass is 19.4. The molecule has 0 spiro atoms. The highest BCUT2D eigenvalue weighted by molar-refractivity contribution is 5.95. The lowest BCUT2D eigenvalue weighted by Gasteiger charge is -2.24. The normalized spacial score (nSPS) is 12.3. The molecule has 6 heteroatoms. The first-order valence-corrected chi connectivity index (χ1v) is 6.32. The van der Waals surface area contributed by atoms with Gasteiger partial charge in [0.25, 0.3) is 5.91 Å². The standard InChI is InChI=1S/C14H19F3N2O/c1-13(2,7-8-18)9-19-12(20)10-5-3-4-6-11(10)14(15,16)17/h3-6H,7-9,18H2,1-2H3,(H,19,20). The molecular weight excluding hydrogens is 269 g/mol. The van der Waals surface area contributed by atoms with E-state index in [2.05, 4.69) is 5.32 Å². The Hall–Kier alpha value is -1.56. The topological polar surface area (TPSA) is 55.1 Å². The van der Waals surface area contributed by atoms with E-state index in [-0.39, 0.29) is 17.5 Å². The van der Waals surface area contributed by atoms with E-state index in [0.29, 0.717) is 13.0 Å². The van der Waals surface area contributed by atoms with Crippen LogP contribution in [0.25, 0.3) is 0 Å². The molecule has 112 valence electrons. The highest BCUT2D eigenvalue weighted by Crippen LogP contribution is 2.31. The number of nitrogens with two attached hydrogens (primary N) is 1. The Morgan fingerprint density at radius 1 is 1.25 bits per heavy atom. The van der Waals surface area contributed by atoms with Gasteiger partial charge in [0.15, 0.2) is 0 Å². The molecule has 3 N–H and O–H groups in total. The first kappa shape index (κ1) is 16.5. The van der Waals surface area contributed by atoms with Crippen LogP contribution >= 0.6 is 0 Å². The van der Waals surface area contributed by atoms with Crippen LogP contribution < -0.4 is 11.1 Å². The molecule has 0 aromatic heterocycles. The molecule has 0 aliphatic carbocycles. The van der Waals surface area contributed by atoms with Crippen LogP contribution in [0.3, 0.4) is 0 Å². The van der Waals surface area contributed by atoms with Gasteiger partial charge >= 0.3 is 6.18 Å². The average Bonchev–Trinajstić information content (AvgIpc) is 2.35. The number of carbonyl (C=O) groups is 1. The number of hydrogen-bond acceptors (Lipinski definition) is 2. The Morgan fingerprint density at radius 3 is 2.40 bits per heavy atom. The lowest BCUT2D eigenvalue weighted by Crippen LogP contribution is -2.36. The maximum atomic E-state index is 12.8. The van der Waals surface area contributed by atoms with Gasteiger partial charge in [0.05, 0.1) is 11.1 Å². The van der Waals surface area contributed by atoms with Crippen LogP contribution in [0.4, 0.5) is 13.2 Å². The molecule has 0 saturated carbocycles. The van der Waals surface area contributed by atoms with E-state index in [1.807, 2.05) is 13.8 Å². The minimum Gasteiger partial charge on any atom is -0.351 e. The van der Waals surface area contributed by atoms with Crippen LogP contribution in [0, 0.1) is 5.41 Å². The molecule has 0 radical (unpaired) electrons. The van der Waals surface area contributed by atoms with Gasteiger partial charge in [-0.15, -0.1) is 0 Å². The molecule has 1 aromatic rings. The van der Waals surface area contributed by atoms with Crippen molar-refractivity contribution in [1.29, 1.82) is 0 Å². The molecule has 0 saturated heterocycles. The second-order valence-electron chi connectivity index (χ2n) is 5.43. The van der Waals surface area contributed by atoms with Crippen LogP contribution in [0.1, 0.15) is 36.2 Å². The van der Waals surface area contributed by atoms with Crippen LogP contribution in [0.5, 0.6) is 0 Å². The number of nitrogens with one attached hydrogen (secondary N) is 1. The average molecular weight is 288 g/mol. The van der Waals surface area contributed by atoms with Crippen LogP contribution in [0.15, 0.2) is 24.3 Å². The van der Waals surface area contributed by atoms with E-state index in [1.54, 1.807) is 0 Å². The smallest absolute Gasteiger partial charge is 0.351 e. The van der Waals surface area contributed by atoms with Gasteiger partial charge in [0.1, 0.15) is 0 Å². The van der Waals surface area contributed by atoms with Gasteiger partial charge < -0.3 is 11.1 Å². The SMILES string of the molecule is CC(C)(CCN)CNC(=O)c1ccccc1C(F)(F)F. The number of benzene rings is 1. The van der Waals surface area contributed by atoms with Crippen molar-refractivity contribution >= 4 is 5.91 Å². The van der Waals surface area contributed by atoms with Crippen molar-refractivity contribution in [1.82, 2.24) is 5.32 Å². The maximum absolute atomic E-state index is 12.8. The third-order valence-corrected chi connectivity index (χ3v) is 3.03. The third kappa shape index (κ3) is 4.52. The van der Waals surface area contributed by atoms with Crippen molar-refractivity contribution in [3.63, 3.8) is 0 Å². The fourth-order valence-corrected chi connectivity index (χ4v) is 1.82. The minimum absolute atomic E-state index is 0.252. The number of rotatable bonds is 5. The van der Waals surface area contributed by atoms with Crippen molar-refractivity contribution in [3.8, 4) is 0 Å². The number of amides is 1. The quantitative estimate of drug-likeness (QED) is 0.875. The van der Waals surface area contributed by atoms with Crippen molar-refractivity contribution in [2.75, 3.05) is 13.1 Å². The molecule has 0 bridgehead atoms. The summed E-state index contributed by atoms with van der Waals surface area (Å²) in [6, 6.07) is 4.75. The van der Waals surface area contributed by atoms with E-state index >= 15 is 0 Å². The lowest BCUT2D eigenvalue weighted by atomic mass is 9.89. The second-order valence-corrected chi connectivity index (χ2v) is 5.43. The first-order chi connectivity index (χ1) is 9.17. The summed E-state index contributed by atoms with van der Waals surface area (Å²) in [7, 11) is 0. The molecule has 1 amide bonds. The number of alkyl halides is 3. The molecule has 0 unspecified atom stereocenters. The molecule has 0 atom stereocenters. The number of carbonyl (C=O) groups excluding carboxylic acids is 1. The van der Waals surface area contributed by atoms with Crippen molar-refractivity contribution in [2.45, 2.75) is 26.4 Å². The third-order valence-electron chi connectivity index (χ3n) is 3.03. The molecule has 0 aliphatic heterocycles.